The van der Waals surface area contributed by atoms with Gasteiger partial charge < -0.3 is 4.42 Å². The first-order chi connectivity index (χ1) is 15.5. The molecule has 154 valence electrons. The van der Waals surface area contributed by atoms with Gasteiger partial charge in [0.1, 0.15) is 18.2 Å². The minimum absolute atomic E-state index is 0.479. The van der Waals surface area contributed by atoms with Gasteiger partial charge in [0, 0.05) is 24.3 Å². The van der Waals surface area contributed by atoms with Gasteiger partial charge >= 0.3 is 0 Å². The van der Waals surface area contributed by atoms with Crippen molar-refractivity contribution in [1.29, 1.82) is 0 Å². The van der Waals surface area contributed by atoms with E-state index in [1.54, 1.807) is 0 Å². The first kappa shape index (κ1) is 17.5. The Bertz CT molecular complexity index is 1490. The van der Waals surface area contributed by atoms with Crippen LogP contribution in [0.1, 0.15) is 50.5 Å². The van der Waals surface area contributed by atoms with Gasteiger partial charge in [0.15, 0.2) is 6.20 Å². The van der Waals surface area contributed by atoms with Crippen LogP contribution in [-0.4, -0.2) is 0 Å². The summed E-state index contributed by atoms with van der Waals surface area (Å²) in [5.74, 6) is -0.479. The van der Waals surface area contributed by atoms with Crippen LogP contribution in [0.4, 0.5) is 0 Å². The lowest BCUT2D eigenvalue weighted by Gasteiger charge is -2.21. The number of benzene rings is 3. The van der Waals surface area contributed by atoms with Crippen molar-refractivity contribution in [3.8, 4) is 11.3 Å². The second-order valence-electron chi connectivity index (χ2n) is 8.97. The lowest BCUT2D eigenvalue weighted by atomic mass is 9.84. The Morgan fingerprint density at radius 1 is 0.935 bits per heavy atom. The Labute approximate surface area is 184 Å². The van der Waals surface area contributed by atoms with E-state index in [-0.39, 0.29) is 0 Å². The Balaban J connectivity index is 1.64. The van der Waals surface area contributed by atoms with E-state index in [4.69, 9.17) is 5.79 Å². The number of fused-ring (bicyclic) bond motifs is 5. The predicted octanol–water partition coefficient (Wildman–Crippen LogP) is 7.59. The van der Waals surface area contributed by atoms with Crippen LogP contribution in [0.3, 0.4) is 0 Å². The van der Waals surface area contributed by atoms with E-state index in [1.165, 1.54) is 28.1 Å². The van der Waals surface area contributed by atoms with Gasteiger partial charge in [0.2, 0.25) is 5.69 Å². The number of hydrogen-bond donors (Lipinski definition) is 0. The summed E-state index contributed by atoms with van der Waals surface area (Å²) in [7, 11) is 2.09. The zero-order chi connectivity index (χ0) is 21.9. The van der Waals surface area contributed by atoms with Crippen LogP contribution in [0.25, 0.3) is 44.0 Å². The average molecular weight is 408 g/mol. The second kappa shape index (κ2) is 7.23. The predicted molar refractivity (Wildman–Crippen MR) is 128 cm³/mol. The normalized spacial score (nSPS) is 16.8. The third kappa shape index (κ3) is 2.96. The smallest absolute Gasteiger partial charge is 0.216 e. The highest BCUT2D eigenvalue weighted by Gasteiger charge is 2.24. The number of aryl methyl sites for hydroxylation is 2. The summed E-state index contributed by atoms with van der Waals surface area (Å²) in [6, 6.07) is 21.5. The van der Waals surface area contributed by atoms with Crippen LogP contribution in [0.15, 0.2) is 71.3 Å². The monoisotopic (exact) mass is 407 g/mol. The first-order valence-electron chi connectivity index (χ1n) is 11.9. The number of hydrogen-bond acceptors (Lipinski definition) is 1. The molecule has 2 heterocycles. The maximum Gasteiger partial charge on any atom is 0.216 e. The molecule has 0 atom stereocenters. The summed E-state index contributed by atoms with van der Waals surface area (Å²) in [4.78, 5) is 0. The van der Waals surface area contributed by atoms with Gasteiger partial charge in [0.05, 0.1) is 5.56 Å². The lowest BCUT2D eigenvalue weighted by Crippen LogP contribution is -2.31. The van der Waals surface area contributed by atoms with E-state index >= 15 is 0 Å². The highest BCUT2D eigenvalue weighted by atomic mass is 16.3. The molecule has 2 nitrogen and oxygen atoms in total. The SMILES string of the molecule is [2H]C1(c2cc[n+](C)c(-c3c(C)ccc4c3oc3ccc5ccccc5c34)c2)CCCCC1. The van der Waals surface area contributed by atoms with Crippen molar-refractivity contribution in [2.75, 3.05) is 0 Å². The van der Waals surface area contributed by atoms with E-state index < -0.39 is 5.89 Å². The zero-order valence-electron chi connectivity index (χ0n) is 19.2. The molecular formula is C29H28NO+. The molecule has 5 aromatic rings. The third-order valence-electron chi connectivity index (χ3n) is 7.01. The van der Waals surface area contributed by atoms with Crippen molar-refractivity contribution in [2.45, 2.75) is 44.9 Å². The van der Waals surface area contributed by atoms with E-state index in [9.17, 15) is 0 Å². The van der Waals surface area contributed by atoms with Crippen molar-refractivity contribution in [3.63, 3.8) is 0 Å². The molecule has 0 radical (unpaired) electrons. The topological polar surface area (TPSA) is 17.0 Å². The van der Waals surface area contributed by atoms with Gasteiger partial charge in [-0.2, -0.15) is 0 Å². The Kier molecular flexibility index (Phi) is 4.09. The molecular weight excluding hydrogens is 378 g/mol. The fourth-order valence-electron chi connectivity index (χ4n) is 5.33. The molecule has 2 heteroatoms. The van der Waals surface area contributed by atoms with Crippen molar-refractivity contribution in [2.24, 2.45) is 7.05 Å². The molecule has 3 aromatic carbocycles. The van der Waals surface area contributed by atoms with Gasteiger partial charge in [0.25, 0.3) is 0 Å². The van der Waals surface area contributed by atoms with Gasteiger partial charge in [-0.1, -0.05) is 61.7 Å². The quantitative estimate of drug-likeness (QED) is 0.276. The molecule has 31 heavy (non-hydrogen) atoms. The summed E-state index contributed by atoms with van der Waals surface area (Å²) >= 11 is 0. The largest absolute Gasteiger partial charge is 0.455 e. The molecule has 0 spiro atoms. The summed E-state index contributed by atoms with van der Waals surface area (Å²) in [6.45, 7) is 2.16. The molecule has 0 amide bonds. The van der Waals surface area contributed by atoms with Crippen molar-refractivity contribution >= 4 is 32.7 Å². The number of aromatic nitrogens is 1. The maximum absolute atomic E-state index is 9.15. The number of pyridine rings is 1. The molecule has 0 saturated heterocycles. The van der Waals surface area contributed by atoms with Gasteiger partial charge in [-0.3, -0.25) is 0 Å². The summed E-state index contributed by atoms with van der Waals surface area (Å²) < 4.78 is 17.9. The van der Waals surface area contributed by atoms with E-state index in [1.807, 2.05) is 0 Å². The van der Waals surface area contributed by atoms with E-state index in [2.05, 4.69) is 85.4 Å². The number of nitrogens with zero attached hydrogens (tertiary/aromatic N) is 1. The number of furan rings is 1. The van der Waals surface area contributed by atoms with E-state index in [0.717, 1.165) is 59.1 Å². The van der Waals surface area contributed by atoms with Gasteiger partial charge in [-0.25, -0.2) is 4.57 Å². The fraction of sp³-hybridized carbons (Fsp3) is 0.276. The molecule has 2 aromatic heterocycles. The second-order valence-corrected chi connectivity index (χ2v) is 8.97. The van der Waals surface area contributed by atoms with Crippen LogP contribution < -0.4 is 4.57 Å². The highest BCUT2D eigenvalue weighted by molar-refractivity contribution is 6.20. The number of rotatable bonds is 2. The Morgan fingerprint density at radius 3 is 2.65 bits per heavy atom. The van der Waals surface area contributed by atoms with Crippen molar-refractivity contribution < 1.29 is 10.4 Å². The summed E-state index contributed by atoms with van der Waals surface area (Å²) in [5.41, 5.74) is 6.43. The Morgan fingerprint density at radius 2 is 1.77 bits per heavy atom. The maximum atomic E-state index is 9.15. The summed E-state index contributed by atoms with van der Waals surface area (Å²) in [6.07, 6.45) is 7.54. The standard InChI is InChI=1S/C29H28NO/c1-19-12-14-24-28-23-11-7-6-10-21(23)13-15-26(28)31-29(24)27(19)25-18-22(16-17-30(25)2)20-8-4-3-5-9-20/h6-7,10-18,20H,3-5,8-9H2,1-2H3/q+1/i20D. The van der Waals surface area contributed by atoms with Crippen molar-refractivity contribution in [1.82, 2.24) is 0 Å². The molecule has 0 unspecified atom stereocenters. The first-order valence-corrected chi connectivity index (χ1v) is 11.4. The molecule has 1 fully saturated rings. The minimum Gasteiger partial charge on any atom is -0.455 e. The van der Waals surface area contributed by atoms with Crippen LogP contribution in [0.5, 0.6) is 0 Å². The molecule has 6 rings (SSSR count). The lowest BCUT2D eigenvalue weighted by molar-refractivity contribution is -0.660. The van der Waals surface area contributed by atoms with Gasteiger partial charge in [-0.05, 0) is 53.6 Å². The van der Waals surface area contributed by atoms with E-state index in [0.29, 0.717) is 0 Å². The zero-order valence-corrected chi connectivity index (χ0v) is 18.2. The average Bonchev–Trinajstić information content (AvgIpc) is 3.19. The Hall–Kier alpha value is -3.13. The fourth-order valence-corrected chi connectivity index (χ4v) is 5.33. The molecule has 0 N–H and O–H groups in total. The van der Waals surface area contributed by atoms with Gasteiger partial charge in [-0.15, -0.1) is 0 Å². The van der Waals surface area contributed by atoms with Crippen LogP contribution >= 0.6 is 0 Å². The molecule has 0 aliphatic heterocycles. The van der Waals surface area contributed by atoms with Crippen LogP contribution in [-0.2, 0) is 7.05 Å². The summed E-state index contributed by atoms with van der Waals surface area (Å²) in [5, 5.41) is 4.79. The van der Waals surface area contributed by atoms with Crippen molar-refractivity contribution in [3.05, 3.63) is 78.0 Å². The van der Waals surface area contributed by atoms with Crippen LogP contribution in [0, 0.1) is 6.92 Å². The molecule has 1 aliphatic carbocycles. The van der Waals surface area contributed by atoms with Crippen LogP contribution in [0.2, 0.25) is 0 Å². The molecule has 1 saturated carbocycles. The molecule has 0 bridgehead atoms. The molecule has 1 aliphatic rings. The highest BCUT2D eigenvalue weighted by Crippen LogP contribution is 2.41. The third-order valence-corrected chi connectivity index (χ3v) is 7.01. The minimum atomic E-state index is -0.479.